The lowest BCUT2D eigenvalue weighted by molar-refractivity contribution is -0.280. The Labute approximate surface area is 67.0 Å². The number of hydrogen-bond acceptors (Lipinski definition) is 1. The van der Waals surface area contributed by atoms with Crippen molar-refractivity contribution < 1.29 is 30.7 Å². The van der Waals surface area contributed by atoms with Crippen LogP contribution in [-0.4, -0.2) is 26.1 Å². The lowest BCUT2D eigenvalue weighted by atomic mass is 10.2. The minimum absolute atomic E-state index is 0.351. The van der Waals surface area contributed by atoms with E-state index in [4.69, 9.17) is 4.55 Å². The van der Waals surface area contributed by atoms with Crippen LogP contribution in [0.5, 0.6) is 0 Å². The van der Waals surface area contributed by atoms with Crippen LogP contribution in [-0.2, 0) is 11.1 Å². The molecule has 2 unspecified atom stereocenters. The molecule has 1 N–H and O–H groups in total. The Morgan fingerprint density at radius 3 is 1.67 bits per heavy atom. The molecule has 8 heteroatoms. The first-order valence-electron chi connectivity index (χ1n) is 2.65. The molecule has 0 spiro atoms. The molecule has 74 valence electrons. The Balaban J connectivity index is 4.73. The maximum atomic E-state index is 12.1. The maximum Gasteiger partial charge on any atom is 0.454 e. The lowest BCUT2D eigenvalue weighted by Gasteiger charge is -2.22. The van der Waals surface area contributed by atoms with Gasteiger partial charge in [0.1, 0.15) is 5.25 Å². The van der Waals surface area contributed by atoms with Crippen LogP contribution < -0.4 is 0 Å². The van der Waals surface area contributed by atoms with Crippen LogP contribution in [0.1, 0.15) is 6.92 Å². The molecular formula is C4H5F5O2S. The fourth-order valence-corrected chi connectivity index (χ4v) is 0.744. The first kappa shape index (κ1) is 11.8. The SMILES string of the molecule is CC(S(=O)O)C(F)(F)C(F)(F)F. The zero-order valence-electron chi connectivity index (χ0n) is 5.73. The number of halogens is 5. The van der Waals surface area contributed by atoms with E-state index in [1.165, 1.54) is 0 Å². The molecular weight excluding hydrogens is 207 g/mol. The van der Waals surface area contributed by atoms with Crippen LogP contribution >= 0.6 is 0 Å². The van der Waals surface area contributed by atoms with Crippen LogP contribution in [0.3, 0.4) is 0 Å². The summed E-state index contributed by atoms with van der Waals surface area (Å²) in [6.45, 7) is 0.351. The summed E-state index contributed by atoms with van der Waals surface area (Å²) >= 11 is -3.20. The van der Waals surface area contributed by atoms with Crippen molar-refractivity contribution >= 4 is 11.1 Å². The van der Waals surface area contributed by atoms with E-state index in [1.54, 1.807) is 0 Å². The summed E-state index contributed by atoms with van der Waals surface area (Å²) in [6, 6.07) is 0. The normalized spacial score (nSPS) is 18.9. The van der Waals surface area contributed by atoms with Gasteiger partial charge in [0.2, 0.25) is 0 Å². The number of rotatable bonds is 2. The van der Waals surface area contributed by atoms with Gasteiger partial charge in [-0.3, -0.25) is 0 Å². The first-order chi connectivity index (χ1) is 5.10. The van der Waals surface area contributed by atoms with Crippen LogP contribution in [0.4, 0.5) is 22.0 Å². The molecule has 0 amide bonds. The molecule has 0 aliphatic heterocycles. The van der Waals surface area contributed by atoms with Crippen molar-refractivity contribution in [3.8, 4) is 0 Å². The molecule has 12 heavy (non-hydrogen) atoms. The van der Waals surface area contributed by atoms with Crippen LogP contribution in [0.25, 0.3) is 0 Å². The highest BCUT2D eigenvalue weighted by molar-refractivity contribution is 7.79. The summed E-state index contributed by atoms with van der Waals surface area (Å²) in [5, 5.41) is -2.66. The van der Waals surface area contributed by atoms with Crippen molar-refractivity contribution in [2.24, 2.45) is 0 Å². The molecule has 0 aliphatic rings. The van der Waals surface area contributed by atoms with Crippen molar-refractivity contribution in [1.29, 1.82) is 0 Å². The summed E-state index contributed by atoms with van der Waals surface area (Å²) in [5.74, 6) is -5.13. The van der Waals surface area contributed by atoms with Crippen molar-refractivity contribution in [1.82, 2.24) is 0 Å². The maximum absolute atomic E-state index is 12.1. The van der Waals surface area contributed by atoms with Crippen LogP contribution in [0.2, 0.25) is 0 Å². The summed E-state index contributed by atoms with van der Waals surface area (Å²) in [5.41, 5.74) is 0. The average molecular weight is 212 g/mol. The van der Waals surface area contributed by atoms with Gasteiger partial charge >= 0.3 is 12.1 Å². The second-order valence-electron chi connectivity index (χ2n) is 2.04. The van der Waals surface area contributed by atoms with Crippen molar-refractivity contribution in [3.05, 3.63) is 0 Å². The minimum atomic E-state index is -5.79. The molecule has 2 atom stereocenters. The molecule has 0 heterocycles. The molecule has 0 radical (unpaired) electrons. The highest BCUT2D eigenvalue weighted by Crippen LogP contribution is 2.39. The van der Waals surface area contributed by atoms with E-state index < -0.39 is 28.4 Å². The third-order valence-electron chi connectivity index (χ3n) is 1.19. The zero-order valence-corrected chi connectivity index (χ0v) is 6.55. The summed E-state index contributed by atoms with van der Waals surface area (Å²) < 4.78 is 76.5. The summed E-state index contributed by atoms with van der Waals surface area (Å²) in [6.07, 6.45) is -5.79. The second kappa shape index (κ2) is 3.25. The number of alkyl halides is 5. The second-order valence-corrected chi connectivity index (χ2v) is 3.30. The first-order valence-corrected chi connectivity index (χ1v) is 3.82. The van der Waals surface area contributed by atoms with Gasteiger partial charge in [0.15, 0.2) is 11.1 Å². The fourth-order valence-electron chi connectivity index (χ4n) is 0.357. The van der Waals surface area contributed by atoms with Crippen molar-refractivity contribution in [2.75, 3.05) is 0 Å². The molecule has 2 nitrogen and oxygen atoms in total. The van der Waals surface area contributed by atoms with E-state index >= 15 is 0 Å². The van der Waals surface area contributed by atoms with Crippen LogP contribution in [0.15, 0.2) is 0 Å². The van der Waals surface area contributed by atoms with E-state index in [9.17, 15) is 26.2 Å². The molecule has 0 rings (SSSR count). The minimum Gasteiger partial charge on any atom is -0.306 e. The largest absolute Gasteiger partial charge is 0.454 e. The predicted octanol–water partition coefficient (Wildman–Crippen LogP) is 1.79. The van der Waals surface area contributed by atoms with Gasteiger partial charge in [0.25, 0.3) is 0 Å². The van der Waals surface area contributed by atoms with Gasteiger partial charge < -0.3 is 4.55 Å². The standard InChI is InChI=1S/C4H5F5O2S/c1-2(12(10)11)3(5,6)4(7,8)9/h2H,1H3,(H,10,11). The average Bonchev–Trinajstić information content (AvgIpc) is 1.83. The third kappa shape index (κ3) is 2.13. The highest BCUT2D eigenvalue weighted by atomic mass is 32.2. The monoisotopic (exact) mass is 212 g/mol. The molecule has 0 bridgehead atoms. The Kier molecular flexibility index (Phi) is 3.18. The lowest BCUT2D eigenvalue weighted by Crippen LogP contribution is -2.47. The molecule has 0 aromatic carbocycles. The van der Waals surface area contributed by atoms with Gasteiger partial charge in [0.05, 0.1) is 0 Å². The molecule has 0 aliphatic carbocycles. The fraction of sp³-hybridized carbons (Fsp3) is 1.00. The predicted molar refractivity (Wildman–Crippen MR) is 31.2 cm³/mol. The zero-order chi connectivity index (χ0) is 10.2. The van der Waals surface area contributed by atoms with E-state index in [0.717, 1.165) is 0 Å². The quantitative estimate of drug-likeness (QED) is 0.559. The molecule has 0 aromatic rings. The molecule has 0 fully saturated rings. The Morgan fingerprint density at radius 2 is 1.58 bits per heavy atom. The Bertz CT molecular complexity index is 188. The summed E-state index contributed by atoms with van der Waals surface area (Å²) in [7, 11) is 0. The smallest absolute Gasteiger partial charge is 0.306 e. The van der Waals surface area contributed by atoms with Gasteiger partial charge in [-0.2, -0.15) is 22.0 Å². The van der Waals surface area contributed by atoms with Crippen molar-refractivity contribution in [2.45, 2.75) is 24.3 Å². The van der Waals surface area contributed by atoms with Gasteiger partial charge in [-0.15, -0.1) is 0 Å². The van der Waals surface area contributed by atoms with E-state index in [2.05, 4.69) is 0 Å². The van der Waals surface area contributed by atoms with Gasteiger partial charge in [-0.25, -0.2) is 4.21 Å². The van der Waals surface area contributed by atoms with E-state index in [1.807, 2.05) is 0 Å². The molecule has 0 aromatic heterocycles. The van der Waals surface area contributed by atoms with Crippen LogP contribution in [0, 0.1) is 0 Å². The third-order valence-corrected chi connectivity index (χ3v) is 2.09. The van der Waals surface area contributed by atoms with E-state index in [0.29, 0.717) is 6.92 Å². The van der Waals surface area contributed by atoms with Crippen molar-refractivity contribution in [3.63, 3.8) is 0 Å². The Morgan fingerprint density at radius 1 is 1.25 bits per heavy atom. The summed E-state index contributed by atoms with van der Waals surface area (Å²) in [4.78, 5) is 0. The molecule has 0 saturated carbocycles. The van der Waals surface area contributed by atoms with Gasteiger partial charge in [-0.1, -0.05) is 0 Å². The van der Waals surface area contributed by atoms with E-state index in [-0.39, 0.29) is 0 Å². The van der Waals surface area contributed by atoms with Gasteiger partial charge in [-0.05, 0) is 6.92 Å². The topological polar surface area (TPSA) is 37.3 Å². The Hall–Kier alpha value is -0.240. The van der Waals surface area contributed by atoms with Gasteiger partial charge in [0, 0.05) is 0 Å². The highest BCUT2D eigenvalue weighted by Gasteiger charge is 2.62. The number of hydrogen-bond donors (Lipinski definition) is 1. The molecule has 0 saturated heterocycles.